The summed E-state index contributed by atoms with van der Waals surface area (Å²) in [5, 5.41) is 14.4. The van der Waals surface area contributed by atoms with Crippen LogP contribution in [0.3, 0.4) is 0 Å². The number of thioether (sulfide) groups is 1. The summed E-state index contributed by atoms with van der Waals surface area (Å²) in [6.45, 7) is -0.441. The highest BCUT2D eigenvalue weighted by molar-refractivity contribution is 7.99. The van der Waals surface area contributed by atoms with Crippen LogP contribution in [0.4, 0.5) is 10.5 Å². The fourth-order valence-corrected chi connectivity index (χ4v) is 4.46. The van der Waals surface area contributed by atoms with Gasteiger partial charge in [-0.2, -0.15) is 5.26 Å². The molecule has 0 atom stereocenters. The number of nitrogens with one attached hydrogen (secondary N) is 2. The lowest BCUT2D eigenvalue weighted by atomic mass is 9.82. The molecule has 0 radical (unpaired) electrons. The van der Waals surface area contributed by atoms with Crippen molar-refractivity contribution in [2.45, 2.75) is 10.4 Å². The number of para-hydroxylation sites is 1. The fraction of sp³-hybridized carbons (Fsp3) is 0.120. The SMILES string of the molecule is N#CCSc1ccccc1NC(=O)CN1C(=O)NC(c2ccccc2)(c2ccccc2)C1=O. The van der Waals surface area contributed by atoms with E-state index < -0.39 is 29.9 Å². The van der Waals surface area contributed by atoms with E-state index in [1.807, 2.05) is 12.1 Å². The lowest BCUT2D eigenvalue weighted by molar-refractivity contribution is -0.133. The first-order valence-electron chi connectivity index (χ1n) is 10.2. The minimum absolute atomic E-state index is 0.233. The zero-order chi connectivity index (χ0) is 23.3. The van der Waals surface area contributed by atoms with E-state index >= 15 is 0 Å². The van der Waals surface area contributed by atoms with E-state index in [1.54, 1.807) is 72.8 Å². The summed E-state index contributed by atoms with van der Waals surface area (Å²) in [5.74, 6) is -0.802. The van der Waals surface area contributed by atoms with E-state index in [0.717, 1.165) is 9.80 Å². The third kappa shape index (κ3) is 4.31. The molecule has 0 spiro atoms. The normalized spacial score (nSPS) is 14.5. The molecule has 1 heterocycles. The first-order chi connectivity index (χ1) is 16.1. The second kappa shape index (κ2) is 9.59. The lowest BCUT2D eigenvalue weighted by Gasteiger charge is -2.28. The molecule has 1 fully saturated rings. The highest BCUT2D eigenvalue weighted by atomic mass is 32.2. The Bertz CT molecular complexity index is 1190. The maximum atomic E-state index is 13.7. The van der Waals surface area contributed by atoms with Crippen LogP contribution in [0.1, 0.15) is 11.1 Å². The number of carbonyl (C=O) groups is 3. The molecule has 4 amide bonds. The van der Waals surface area contributed by atoms with Crippen LogP contribution >= 0.6 is 11.8 Å². The molecule has 1 saturated heterocycles. The average molecular weight is 457 g/mol. The van der Waals surface area contributed by atoms with Gasteiger partial charge >= 0.3 is 6.03 Å². The van der Waals surface area contributed by atoms with Crippen LogP contribution in [-0.2, 0) is 15.1 Å². The fourth-order valence-electron chi connectivity index (χ4n) is 3.79. The minimum atomic E-state index is -1.42. The van der Waals surface area contributed by atoms with Crippen LogP contribution in [-0.4, -0.2) is 35.0 Å². The smallest absolute Gasteiger partial charge is 0.324 e. The van der Waals surface area contributed by atoms with Gasteiger partial charge in [0, 0.05) is 4.90 Å². The molecule has 2 N–H and O–H groups in total. The van der Waals surface area contributed by atoms with Crippen molar-refractivity contribution >= 4 is 35.3 Å². The number of carbonyl (C=O) groups excluding carboxylic acids is 3. The molecule has 0 unspecified atom stereocenters. The van der Waals surface area contributed by atoms with Gasteiger partial charge in [0.2, 0.25) is 5.91 Å². The number of hydrogen-bond donors (Lipinski definition) is 2. The van der Waals surface area contributed by atoms with Gasteiger partial charge in [-0.25, -0.2) is 4.79 Å². The molecule has 0 bridgehead atoms. The summed E-state index contributed by atoms with van der Waals surface area (Å²) >= 11 is 1.29. The molecule has 3 aromatic rings. The molecule has 1 aliphatic heterocycles. The van der Waals surface area contributed by atoms with Crippen LogP contribution < -0.4 is 10.6 Å². The summed E-state index contributed by atoms with van der Waals surface area (Å²) in [4.78, 5) is 41.0. The van der Waals surface area contributed by atoms with E-state index in [-0.39, 0.29) is 5.75 Å². The number of urea groups is 1. The lowest BCUT2D eigenvalue weighted by Crippen LogP contribution is -2.45. The van der Waals surface area contributed by atoms with Crippen LogP contribution in [0.15, 0.2) is 89.8 Å². The Balaban J connectivity index is 1.60. The van der Waals surface area contributed by atoms with Crippen LogP contribution in [0.25, 0.3) is 0 Å². The molecule has 4 rings (SSSR count). The number of nitriles is 1. The van der Waals surface area contributed by atoms with Gasteiger partial charge in [-0.3, -0.25) is 14.5 Å². The Kier molecular flexibility index (Phi) is 6.43. The molecule has 0 aromatic heterocycles. The van der Waals surface area contributed by atoms with Gasteiger partial charge in [-0.15, -0.1) is 11.8 Å². The minimum Gasteiger partial charge on any atom is -0.324 e. The molecular weight excluding hydrogens is 436 g/mol. The summed E-state index contributed by atoms with van der Waals surface area (Å²) in [7, 11) is 0. The predicted molar refractivity (Wildman–Crippen MR) is 125 cm³/mol. The van der Waals surface area contributed by atoms with E-state index in [0.29, 0.717) is 16.8 Å². The van der Waals surface area contributed by atoms with Crippen molar-refractivity contribution in [2.24, 2.45) is 0 Å². The number of imide groups is 1. The molecule has 0 saturated carbocycles. The van der Waals surface area contributed by atoms with Gasteiger partial charge in [0.15, 0.2) is 5.54 Å². The van der Waals surface area contributed by atoms with Crippen LogP contribution in [0.2, 0.25) is 0 Å². The Labute approximate surface area is 195 Å². The topological polar surface area (TPSA) is 102 Å². The average Bonchev–Trinajstić information content (AvgIpc) is 3.10. The Morgan fingerprint density at radius 1 is 0.939 bits per heavy atom. The third-order valence-corrected chi connectivity index (χ3v) is 6.21. The Morgan fingerprint density at radius 2 is 1.52 bits per heavy atom. The van der Waals surface area contributed by atoms with Crippen molar-refractivity contribution in [1.82, 2.24) is 10.2 Å². The monoisotopic (exact) mass is 456 g/mol. The number of benzene rings is 3. The summed E-state index contributed by atoms with van der Waals surface area (Å²) in [6, 6.07) is 26.4. The number of amides is 4. The molecule has 8 heteroatoms. The maximum Gasteiger partial charge on any atom is 0.326 e. The van der Waals surface area contributed by atoms with Crippen molar-refractivity contribution in [3.63, 3.8) is 0 Å². The van der Waals surface area contributed by atoms with Gasteiger partial charge in [0.05, 0.1) is 17.5 Å². The summed E-state index contributed by atoms with van der Waals surface area (Å²) in [5.41, 5.74) is 0.319. The zero-order valence-electron chi connectivity index (χ0n) is 17.5. The molecule has 7 nitrogen and oxygen atoms in total. The van der Waals surface area contributed by atoms with Gasteiger partial charge < -0.3 is 10.6 Å². The van der Waals surface area contributed by atoms with Gasteiger partial charge in [-0.05, 0) is 23.3 Å². The quantitative estimate of drug-likeness (QED) is 0.417. The highest BCUT2D eigenvalue weighted by Crippen LogP contribution is 2.36. The summed E-state index contributed by atoms with van der Waals surface area (Å²) in [6.07, 6.45) is 0. The van der Waals surface area contributed by atoms with Crippen molar-refractivity contribution in [3.8, 4) is 6.07 Å². The van der Waals surface area contributed by atoms with E-state index in [2.05, 4.69) is 16.7 Å². The molecule has 1 aliphatic rings. The summed E-state index contributed by atoms with van der Waals surface area (Å²) < 4.78 is 0. The van der Waals surface area contributed by atoms with Gasteiger partial charge in [0.25, 0.3) is 5.91 Å². The number of rotatable bonds is 7. The number of nitrogens with zero attached hydrogens (tertiary/aromatic N) is 2. The van der Waals surface area contributed by atoms with E-state index in [1.165, 1.54) is 11.8 Å². The molecular formula is C25H20N4O3S. The Morgan fingerprint density at radius 3 is 2.12 bits per heavy atom. The number of anilines is 1. The molecule has 33 heavy (non-hydrogen) atoms. The predicted octanol–water partition coefficient (Wildman–Crippen LogP) is 3.74. The first kappa shape index (κ1) is 22.1. The highest BCUT2D eigenvalue weighted by Gasteiger charge is 2.54. The van der Waals surface area contributed by atoms with Gasteiger partial charge in [-0.1, -0.05) is 72.8 Å². The third-order valence-electron chi connectivity index (χ3n) is 5.27. The number of hydrogen-bond acceptors (Lipinski definition) is 5. The van der Waals surface area contributed by atoms with Crippen molar-refractivity contribution in [1.29, 1.82) is 5.26 Å². The zero-order valence-corrected chi connectivity index (χ0v) is 18.3. The Hall–Kier alpha value is -4.09. The molecule has 0 aliphatic carbocycles. The standard InChI is InChI=1S/C25H20N4O3S/c26-15-16-33-21-14-8-7-13-20(21)27-22(30)17-29-23(31)25(28-24(29)32,18-9-3-1-4-10-18)19-11-5-2-6-12-19/h1-14H,16-17H2,(H,27,30)(H,28,32). The van der Waals surface area contributed by atoms with Crippen molar-refractivity contribution in [3.05, 3.63) is 96.1 Å². The van der Waals surface area contributed by atoms with E-state index in [4.69, 9.17) is 5.26 Å². The van der Waals surface area contributed by atoms with E-state index in [9.17, 15) is 14.4 Å². The maximum absolute atomic E-state index is 13.7. The second-order valence-electron chi connectivity index (χ2n) is 7.29. The molecule has 3 aromatic carbocycles. The van der Waals surface area contributed by atoms with Crippen molar-refractivity contribution < 1.29 is 14.4 Å². The van der Waals surface area contributed by atoms with Crippen LogP contribution in [0.5, 0.6) is 0 Å². The molecule has 164 valence electrons. The van der Waals surface area contributed by atoms with Crippen molar-refractivity contribution in [2.75, 3.05) is 17.6 Å². The van der Waals surface area contributed by atoms with Crippen LogP contribution in [0, 0.1) is 11.3 Å². The largest absolute Gasteiger partial charge is 0.326 e. The second-order valence-corrected chi connectivity index (χ2v) is 8.31. The first-order valence-corrected chi connectivity index (χ1v) is 11.2. The van der Waals surface area contributed by atoms with Gasteiger partial charge in [0.1, 0.15) is 6.54 Å².